The predicted octanol–water partition coefficient (Wildman–Crippen LogP) is 7.23. The molecule has 0 aromatic heterocycles. The molecule has 2 N–H and O–H groups in total. The van der Waals surface area contributed by atoms with Crippen LogP contribution in [0.25, 0.3) is 11.1 Å². The van der Waals surface area contributed by atoms with Crippen LogP contribution in [0, 0.1) is 0 Å². The largest absolute Gasteiger partial charge is 0.398 e. The van der Waals surface area contributed by atoms with Gasteiger partial charge in [-0.3, -0.25) is 0 Å². The molecular weight excluding hydrogens is 390 g/mol. The van der Waals surface area contributed by atoms with Gasteiger partial charge in [0.05, 0.1) is 17.6 Å². The molecule has 0 aliphatic heterocycles. The van der Waals surface area contributed by atoms with Crippen LogP contribution in [0.2, 0.25) is 0 Å². The summed E-state index contributed by atoms with van der Waals surface area (Å²) >= 11 is 0. The van der Waals surface area contributed by atoms with Crippen LogP contribution in [-0.4, -0.2) is 6.21 Å². The molecule has 0 radical (unpaired) electrons. The number of hydrogen-bond donors (Lipinski definition) is 1. The third-order valence-electron chi connectivity index (χ3n) is 5.71. The van der Waals surface area contributed by atoms with Crippen molar-refractivity contribution in [1.82, 2.24) is 0 Å². The molecule has 4 aromatic carbocycles. The highest BCUT2D eigenvalue weighted by molar-refractivity contribution is 5.97. The number of nitrogen functional groups attached to an aromatic ring is 1. The van der Waals surface area contributed by atoms with Crippen LogP contribution >= 0.6 is 0 Å². The number of nitrogens with zero attached hydrogens (tertiary/aromatic N) is 2. The Morgan fingerprint density at radius 1 is 0.750 bits per heavy atom. The summed E-state index contributed by atoms with van der Waals surface area (Å²) in [5.74, 6) is 0. The Bertz CT molecular complexity index is 1140. The molecule has 0 bridgehead atoms. The lowest BCUT2D eigenvalue weighted by molar-refractivity contribution is 1.04. The van der Waals surface area contributed by atoms with Gasteiger partial charge in [-0.2, -0.15) is 5.10 Å². The lowest BCUT2D eigenvalue weighted by Crippen LogP contribution is -2.10. The van der Waals surface area contributed by atoms with Crippen LogP contribution in [0.4, 0.5) is 17.1 Å². The molecule has 32 heavy (non-hydrogen) atoms. The molecular formula is C29H29N3. The summed E-state index contributed by atoms with van der Waals surface area (Å²) in [6.45, 7) is 4.34. The molecule has 0 aliphatic carbocycles. The molecule has 0 unspecified atom stereocenters. The Morgan fingerprint density at radius 3 is 1.78 bits per heavy atom. The third kappa shape index (κ3) is 4.42. The number of nitrogens with two attached hydrogens (primary N) is 1. The number of rotatable bonds is 7. The van der Waals surface area contributed by atoms with Gasteiger partial charge >= 0.3 is 0 Å². The second kappa shape index (κ2) is 9.97. The van der Waals surface area contributed by atoms with Crippen molar-refractivity contribution in [3.63, 3.8) is 0 Å². The van der Waals surface area contributed by atoms with E-state index in [9.17, 15) is 0 Å². The van der Waals surface area contributed by atoms with E-state index in [-0.39, 0.29) is 0 Å². The maximum atomic E-state index is 6.76. The van der Waals surface area contributed by atoms with Gasteiger partial charge in [0.25, 0.3) is 0 Å². The predicted molar refractivity (Wildman–Crippen MR) is 138 cm³/mol. The standard InChI is InChI=1S/C29H29N3/c1-3-22-20-24(28(29(30)27(22)4-2)23-14-8-5-9-15-23)21-31-32(25-16-10-6-11-17-25)26-18-12-7-13-19-26/h5-21H,3-4,30H2,1-2H3. The zero-order chi connectivity index (χ0) is 22.3. The van der Waals surface area contributed by atoms with Crippen LogP contribution < -0.4 is 10.7 Å². The Balaban J connectivity index is 1.87. The van der Waals surface area contributed by atoms with Gasteiger partial charge in [-0.25, -0.2) is 5.01 Å². The summed E-state index contributed by atoms with van der Waals surface area (Å²) in [6, 6.07) is 33.0. The third-order valence-corrected chi connectivity index (χ3v) is 5.71. The van der Waals surface area contributed by atoms with Gasteiger partial charge in [0, 0.05) is 16.8 Å². The van der Waals surface area contributed by atoms with Crippen molar-refractivity contribution >= 4 is 23.3 Å². The Morgan fingerprint density at radius 2 is 1.28 bits per heavy atom. The molecule has 0 saturated heterocycles. The number of aryl methyl sites for hydroxylation is 1. The summed E-state index contributed by atoms with van der Waals surface area (Å²) in [5.41, 5.74) is 15.3. The molecule has 0 atom stereocenters. The molecule has 0 saturated carbocycles. The number of hydrazone groups is 1. The first-order valence-corrected chi connectivity index (χ1v) is 11.2. The topological polar surface area (TPSA) is 41.6 Å². The minimum atomic E-state index is 0.852. The van der Waals surface area contributed by atoms with Gasteiger partial charge in [0.2, 0.25) is 0 Å². The molecule has 0 amide bonds. The fourth-order valence-corrected chi connectivity index (χ4v) is 4.13. The van der Waals surface area contributed by atoms with Crippen LogP contribution in [-0.2, 0) is 12.8 Å². The van der Waals surface area contributed by atoms with E-state index < -0.39 is 0 Å². The average molecular weight is 420 g/mol. The van der Waals surface area contributed by atoms with Gasteiger partial charge < -0.3 is 5.73 Å². The summed E-state index contributed by atoms with van der Waals surface area (Å²) in [7, 11) is 0. The van der Waals surface area contributed by atoms with E-state index in [4.69, 9.17) is 10.8 Å². The molecule has 4 aromatic rings. The molecule has 0 aliphatic rings. The first-order valence-electron chi connectivity index (χ1n) is 11.2. The smallest absolute Gasteiger partial charge is 0.0652 e. The fourth-order valence-electron chi connectivity index (χ4n) is 4.13. The van der Waals surface area contributed by atoms with Crippen molar-refractivity contribution in [1.29, 1.82) is 0 Å². The summed E-state index contributed by atoms with van der Waals surface area (Å²) in [5, 5.41) is 6.91. The molecule has 4 rings (SSSR count). The lowest BCUT2D eigenvalue weighted by atomic mass is 9.90. The summed E-state index contributed by atoms with van der Waals surface area (Å²) in [4.78, 5) is 0. The first-order chi connectivity index (χ1) is 15.7. The van der Waals surface area contributed by atoms with E-state index in [0.717, 1.165) is 46.6 Å². The number of benzene rings is 4. The highest BCUT2D eigenvalue weighted by Crippen LogP contribution is 2.35. The van der Waals surface area contributed by atoms with Crippen molar-refractivity contribution < 1.29 is 0 Å². The monoisotopic (exact) mass is 419 g/mol. The maximum Gasteiger partial charge on any atom is 0.0652 e. The second-order valence-electron chi connectivity index (χ2n) is 7.69. The number of para-hydroxylation sites is 2. The van der Waals surface area contributed by atoms with E-state index in [1.807, 2.05) is 53.7 Å². The van der Waals surface area contributed by atoms with Crippen molar-refractivity contribution in [2.24, 2.45) is 5.10 Å². The van der Waals surface area contributed by atoms with Crippen molar-refractivity contribution in [2.45, 2.75) is 26.7 Å². The highest BCUT2D eigenvalue weighted by Gasteiger charge is 2.16. The van der Waals surface area contributed by atoms with Gasteiger partial charge in [0.1, 0.15) is 0 Å². The molecule has 0 fully saturated rings. The molecule has 0 spiro atoms. The summed E-state index contributed by atoms with van der Waals surface area (Å²) in [6.07, 6.45) is 3.79. The maximum absolute atomic E-state index is 6.76. The Kier molecular flexibility index (Phi) is 6.66. The minimum absolute atomic E-state index is 0.852. The van der Waals surface area contributed by atoms with Crippen LogP contribution in [0.15, 0.2) is 102 Å². The van der Waals surface area contributed by atoms with Gasteiger partial charge in [-0.05, 0) is 59.9 Å². The lowest BCUT2D eigenvalue weighted by Gasteiger charge is -2.21. The van der Waals surface area contributed by atoms with E-state index in [1.165, 1.54) is 11.1 Å². The van der Waals surface area contributed by atoms with Gasteiger partial charge in [-0.15, -0.1) is 0 Å². The van der Waals surface area contributed by atoms with Gasteiger partial charge in [-0.1, -0.05) is 80.6 Å². The number of anilines is 3. The SMILES string of the molecule is CCc1cc(C=NN(c2ccccc2)c2ccccc2)c(-c2ccccc2)c(N)c1CC. The van der Waals surface area contributed by atoms with Crippen LogP contribution in [0.5, 0.6) is 0 Å². The van der Waals surface area contributed by atoms with E-state index in [1.54, 1.807) is 0 Å². The second-order valence-corrected chi connectivity index (χ2v) is 7.69. The van der Waals surface area contributed by atoms with Crippen molar-refractivity contribution in [3.8, 4) is 11.1 Å². The normalized spacial score (nSPS) is 11.1. The number of hydrogen-bond acceptors (Lipinski definition) is 3. The molecule has 160 valence electrons. The molecule has 3 heteroatoms. The highest BCUT2D eigenvalue weighted by atomic mass is 15.5. The van der Waals surface area contributed by atoms with E-state index in [2.05, 4.69) is 68.4 Å². The zero-order valence-corrected chi connectivity index (χ0v) is 18.7. The van der Waals surface area contributed by atoms with Crippen LogP contribution in [0.1, 0.15) is 30.5 Å². The average Bonchev–Trinajstić information content (AvgIpc) is 2.85. The minimum Gasteiger partial charge on any atom is -0.398 e. The zero-order valence-electron chi connectivity index (χ0n) is 18.7. The quantitative estimate of drug-likeness (QED) is 0.195. The molecule has 3 nitrogen and oxygen atoms in total. The van der Waals surface area contributed by atoms with Crippen molar-refractivity contribution in [3.05, 3.63) is 114 Å². The summed E-state index contributed by atoms with van der Waals surface area (Å²) < 4.78 is 0. The van der Waals surface area contributed by atoms with E-state index in [0.29, 0.717) is 0 Å². The Labute approximate surface area is 190 Å². The van der Waals surface area contributed by atoms with E-state index >= 15 is 0 Å². The van der Waals surface area contributed by atoms with Crippen molar-refractivity contribution in [2.75, 3.05) is 10.7 Å². The fraction of sp³-hybridized carbons (Fsp3) is 0.138. The van der Waals surface area contributed by atoms with Gasteiger partial charge in [0.15, 0.2) is 0 Å². The molecule has 0 heterocycles. The Hall–Kier alpha value is -3.85. The first kappa shape index (κ1) is 21.4. The van der Waals surface area contributed by atoms with Crippen LogP contribution in [0.3, 0.4) is 0 Å².